The minimum atomic E-state index is -0.191. The van der Waals surface area contributed by atoms with Gasteiger partial charge in [0, 0.05) is 32.2 Å². The maximum Gasteiger partial charge on any atom is 0.270 e. The van der Waals surface area contributed by atoms with Gasteiger partial charge in [0.1, 0.15) is 11.4 Å². The summed E-state index contributed by atoms with van der Waals surface area (Å²) in [6.45, 7) is 1.56. The number of carbonyl (C=O) groups excluding carboxylic acids is 2. The zero-order chi connectivity index (χ0) is 20.4. The van der Waals surface area contributed by atoms with Crippen LogP contribution in [-0.2, 0) is 18.4 Å². The highest BCUT2D eigenvalue weighted by Gasteiger charge is 2.30. The molecule has 1 saturated heterocycles. The van der Waals surface area contributed by atoms with Crippen LogP contribution >= 0.6 is 11.3 Å². The summed E-state index contributed by atoms with van der Waals surface area (Å²) in [7, 11) is 3.54. The summed E-state index contributed by atoms with van der Waals surface area (Å²) in [6.07, 6.45) is 1.63. The minimum absolute atomic E-state index is 0.00173. The quantitative estimate of drug-likeness (QED) is 0.700. The molecule has 6 nitrogen and oxygen atoms in total. The van der Waals surface area contributed by atoms with Gasteiger partial charge in [0.2, 0.25) is 5.91 Å². The van der Waals surface area contributed by atoms with Gasteiger partial charge in [0.25, 0.3) is 5.91 Å². The lowest BCUT2D eigenvalue weighted by Gasteiger charge is -2.32. The van der Waals surface area contributed by atoms with Crippen LogP contribution in [0.4, 0.5) is 0 Å². The van der Waals surface area contributed by atoms with E-state index >= 15 is 0 Å². The van der Waals surface area contributed by atoms with Gasteiger partial charge in [-0.2, -0.15) is 0 Å². The van der Waals surface area contributed by atoms with E-state index in [0.29, 0.717) is 25.3 Å². The molecule has 29 heavy (non-hydrogen) atoms. The molecule has 0 radical (unpaired) electrons. The summed E-state index contributed by atoms with van der Waals surface area (Å²) < 4.78 is 8.40. The van der Waals surface area contributed by atoms with Crippen molar-refractivity contribution in [3.8, 4) is 5.75 Å². The molecule has 2 aromatic heterocycles. The molecule has 152 valence electrons. The SMILES string of the molecule is COc1ccccc1CNC(=O)[C@@H]1CCCN(C(=O)c2cc3sccc3n2C)C1. The van der Waals surface area contributed by atoms with Gasteiger partial charge in [-0.3, -0.25) is 9.59 Å². The van der Waals surface area contributed by atoms with Gasteiger partial charge in [0.05, 0.1) is 23.2 Å². The highest BCUT2D eigenvalue weighted by atomic mass is 32.1. The predicted octanol–water partition coefficient (Wildman–Crippen LogP) is 3.42. The van der Waals surface area contributed by atoms with Crippen LogP contribution in [0.3, 0.4) is 0 Å². The Labute approximate surface area is 174 Å². The summed E-state index contributed by atoms with van der Waals surface area (Å²) >= 11 is 1.63. The van der Waals surface area contributed by atoms with Crippen molar-refractivity contribution in [3.63, 3.8) is 0 Å². The molecule has 0 aliphatic carbocycles. The van der Waals surface area contributed by atoms with Crippen LogP contribution in [-0.4, -0.2) is 41.5 Å². The number of nitrogens with one attached hydrogen (secondary N) is 1. The highest BCUT2D eigenvalue weighted by Crippen LogP contribution is 2.26. The third kappa shape index (κ3) is 3.87. The van der Waals surface area contributed by atoms with Crippen LogP contribution in [0.2, 0.25) is 0 Å². The Bertz CT molecular complexity index is 1040. The van der Waals surface area contributed by atoms with E-state index in [4.69, 9.17) is 4.74 Å². The van der Waals surface area contributed by atoms with E-state index in [1.807, 2.05) is 58.3 Å². The molecule has 4 rings (SSSR count). The number of aryl methyl sites for hydroxylation is 1. The molecule has 1 aliphatic rings. The molecule has 1 aliphatic heterocycles. The van der Waals surface area contributed by atoms with Gasteiger partial charge < -0.3 is 19.5 Å². The van der Waals surface area contributed by atoms with Crippen molar-refractivity contribution in [3.05, 3.63) is 53.0 Å². The first kappa shape index (κ1) is 19.5. The lowest BCUT2D eigenvalue weighted by molar-refractivity contribution is -0.126. The standard InChI is InChI=1S/C22H25N3O3S/c1-24-17-9-11-29-20(17)12-18(24)22(27)25-10-5-7-16(14-25)21(26)23-13-15-6-3-4-8-19(15)28-2/h3-4,6,8-9,11-12,16H,5,7,10,13-14H2,1-2H3,(H,23,26)/t16-/m1/s1. The van der Waals surface area contributed by atoms with Crippen LogP contribution in [0.15, 0.2) is 41.8 Å². The average Bonchev–Trinajstić information content (AvgIpc) is 3.34. The normalized spacial score (nSPS) is 16.8. The Hall–Kier alpha value is -2.80. The second kappa shape index (κ2) is 8.29. The average molecular weight is 412 g/mol. The molecule has 1 N–H and O–H groups in total. The van der Waals surface area contributed by atoms with Crippen LogP contribution in [0.25, 0.3) is 10.2 Å². The Balaban J connectivity index is 1.41. The number of methoxy groups -OCH3 is 1. The second-order valence-corrected chi connectivity index (χ2v) is 8.33. The van der Waals surface area contributed by atoms with E-state index < -0.39 is 0 Å². The first-order valence-electron chi connectivity index (χ1n) is 9.80. The van der Waals surface area contributed by atoms with Crippen LogP contribution in [0.5, 0.6) is 5.75 Å². The molecule has 3 heterocycles. The summed E-state index contributed by atoms with van der Waals surface area (Å²) in [5.74, 6) is 0.556. The Morgan fingerprint density at radius 1 is 1.28 bits per heavy atom. The fourth-order valence-electron chi connectivity index (χ4n) is 3.97. The van der Waals surface area contributed by atoms with E-state index in [2.05, 4.69) is 5.32 Å². The van der Waals surface area contributed by atoms with Crippen LogP contribution in [0.1, 0.15) is 28.9 Å². The van der Waals surface area contributed by atoms with Gasteiger partial charge in [-0.15, -0.1) is 11.3 Å². The van der Waals surface area contributed by atoms with E-state index in [1.54, 1.807) is 18.4 Å². The summed E-state index contributed by atoms with van der Waals surface area (Å²) in [5.41, 5.74) is 2.69. The number of para-hydroxylation sites is 1. The molecule has 1 atom stereocenters. The van der Waals surface area contributed by atoms with Crippen molar-refractivity contribution in [2.45, 2.75) is 19.4 Å². The van der Waals surface area contributed by atoms with Crippen LogP contribution in [0, 0.1) is 5.92 Å². The van der Waals surface area contributed by atoms with Gasteiger partial charge in [-0.25, -0.2) is 0 Å². The number of hydrogen-bond acceptors (Lipinski definition) is 4. The number of amides is 2. The maximum absolute atomic E-state index is 13.1. The van der Waals surface area contributed by atoms with Gasteiger partial charge >= 0.3 is 0 Å². The fourth-order valence-corrected chi connectivity index (χ4v) is 4.82. The molecule has 0 unspecified atom stereocenters. The molecule has 0 spiro atoms. The second-order valence-electron chi connectivity index (χ2n) is 7.38. The Morgan fingerprint density at radius 2 is 2.10 bits per heavy atom. The third-order valence-electron chi connectivity index (χ3n) is 5.61. The fraction of sp³-hybridized carbons (Fsp3) is 0.364. The van der Waals surface area contributed by atoms with Gasteiger partial charge in [0.15, 0.2) is 0 Å². The molecule has 7 heteroatoms. The first-order chi connectivity index (χ1) is 14.1. The van der Waals surface area contributed by atoms with E-state index in [0.717, 1.165) is 34.4 Å². The van der Waals surface area contributed by atoms with Gasteiger partial charge in [-0.1, -0.05) is 18.2 Å². The molecule has 3 aromatic rings. The molecule has 0 bridgehead atoms. The summed E-state index contributed by atoms with van der Waals surface area (Å²) in [5, 5.41) is 5.04. The van der Waals surface area contributed by atoms with E-state index in [9.17, 15) is 9.59 Å². The number of benzene rings is 1. The number of carbonyl (C=O) groups is 2. The lowest BCUT2D eigenvalue weighted by atomic mass is 9.96. The highest BCUT2D eigenvalue weighted by molar-refractivity contribution is 7.17. The number of piperidine rings is 1. The number of fused-ring (bicyclic) bond motifs is 1. The molecule has 1 fully saturated rings. The number of hydrogen-bond donors (Lipinski definition) is 1. The zero-order valence-electron chi connectivity index (χ0n) is 16.7. The predicted molar refractivity (Wildman–Crippen MR) is 114 cm³/mol. The van der Waals surface area contributed by atoms with Crippen LogP contribution < -0.4 is 10.1 Å². The monoisotopic (exact) mass is 411 g/mol. The third-order valence-corrected chi connectivity index (χ3v) is 6.46. The Kier molecular flexibility index (Phi) is 5.58. The minimum Gasteiger partial charge on any atom is -0.496 e. The Morgan fingerprint density at radius 3 is 2.90 bits per heavy atom. The van der Waals surface area contributed by atoms with E-state index in [1.165, 1.54) is 0 Å². The molecular formula is C22H25N3O3S. The number of nitrogens with zero attached hydrogens (tertiary/aromatic N) is 2. The summed E-state index contributed by atoms with van der Waals surface area (Å²) in [4.78, 5) is 27.6. The zero-order valence-corrected chi connectivity index (χ0v) is 17.5. The van der Waals surface area contributed by atoms with Crippen molar-refractivity contribution in [1.29, 1.82) is 0 Å². The van der Waals surface area contributed by atoms with Crippen molar-refractivity contribution >= 4 is 33.4 Å². The number of aromatic nitrogens is 1. The number of thiophene rings is 1. The largest absolute Gasteiger partial charge is 0.496 e. The topological polar surface area (TPSA) is 63.6 Å². The van der Waals surface area contributed by atoms with Crippen molar-refractivity contribution in [2.24, 2.45) is 13.0 Å². The van der Waals surface area contributed by atoms with Gasteiger partial charge in [-0.05, 0) is 36.4 Å². The van der Waals surface area contributed by atoms with E-state index in [-0.39, 0.29) is 17.7 Å². The van der Waals surface area contributed by atoms with Crippen molar-refractivity contribution in [2.75, 3.05) is 20.2 Å². The first-order valence-corrected chi connectivity index (χ1v) is 10.7. The molecule has 1 aromatic carbocycles. The molecular weight excluding hydrogens is 386 g/mol. The maximum atomic E-state index is 13.1. The van der Waals surface area contributed by atoms with Crippen molar-refractivity contribution in [1.82, 2.24) is 14.8 Å². The number of ether oxygens (including phenoxy) is 1. The smallest absolute Gasteiger partial charge is 0.270 e. The molecule has 0 saturated carbocycles. The number of likely N-dealkylation sites (tertiary alicyclic amines) is 1. The van der Waals surface area contributed by atoms with Crippen molar-refractivity contribution < 1.29 is 14.3 Å². The summed E-state index contributed by atoms with van der Waals surface area (Å²) in [6, 6.07) is 11.6. The lowest BCUT2D eigenvalue weighted by Crippen LogP contribution is -2.45. The molecule has 2 amide bonds. The number of rotatable bonds is 5.